The van der Waals surface area contributed by atoms with Crippen molar-refractivity contribution >= 4 is 52.1 Å². The summed E-state index contributed by atoms with van der Waals surface area (Å²) in [7, 11) is 0. The second-order valence-corrected chi connectivity index (χ2v) is 17.0. The fraction of sp³-hybridized carbons (Fsp3) is 0.372. The monoisotopic (exact) mass is 896 g/mol. The van der Waals surface area contributed by atoms with Crippen LogP contribution in [-0.4, -0.2) is 93.7 Å². The zero-order valence-corrected chi connectivity index (χ0v) is 36.0. The number of likely N-dealkylation sites (tertiary alicyclic amines) is 1. The van der Waals surface area contributed by atoms with Gasteiger partial charge in [0, 0.05) is 18.7 Å². The quantitative estimate of drug-likeness (QED) is 0.0364. The van der Waals surface area contributed by atoms with E-state index < -0.39 is 81.7 Å². The van der Waals surface area contributed by atoms with Crippen LogP contribution in [-0.2, 0) is 34.8 Å². The Labute approximate surface area is 364 Å². The van der Waals surface area contributed by atoms with E-state index in [4.69, 9.17) is 29.5 Å². The van der Waals surface area contributed by atoms with E-state index in [1.807, 2.05) is 0 Å². The first kappa shape index (κ1) is 47.4. The molecule has 5 rings (SSSR count). The molecule has 0 bridgehead atoms. The smallest absolute Gasteiger partial charge is 0.427 e. The van der Waals surface area contributed by atoms with Gasteiger partial charge in [-0.2, -0.15) is 13.2 Å². The number of nitrogens with two attached hydrogens (primary N) is 1. The van der Waals surface area contributed by atoms with Crippen molar-refractivity contribution in [3.8, 4) is 5.75 Å². The molecule has 0 radical (unpaired) electrons. The van der Waals surface area contributed by atoms with Crippen molar-refractivity contribution in [2.45, 2.75) is 83.6 Å². The number of anilines is 1. The SMILES string of the molecule is CC(C)(C)OC(=O)Nc1nc(/C(=N/OC(COc2ccc(C(N)=N[C@@H]3CCN(C(=O)OC(C)(C)C)C3)cc2)C(=O)OC(c2ccccc2)c2ccccc2)C(=O)O)c(C(F)(F)F)s1. The van der Waals surface area contributed by atoms with Crippen LogP contribution in [0.25, 0.3) is 0 Å². The summed E-state index contributed by atoms with van der Waals surface area (Å²) in [5, 5.41) is 15.0. The molecule has 1 aliphatic rings. The van der Waals surface area contributed by atoms with Crippen LogP contribution in [0.4, 0.5) is 27.9 Å². The first-order chi connectivity index (χ1) is 29.6. The van der Waals surface area contributed by atoms with Gasteiger partial charge in [-0.15, -0.1) is 0 Å². The molecule has 1 aliphatic heterocycles. The maximum absolute atomic E-state index is 14.3. The molecule has 1 aromatic heterocycles. The number of rotatable bonds is 14. The van der Waals surface area contributed by atoms with Gasteiger partial charge >= 0.3 is 30.3 Å². The number of halogens is 3. The Bertz CT molecular complexity index is 2250. The fourth-order valence-corrected chi connectivity index (χ4v) is 6.66. The Morgan fingerprint density at radius 1 is 0.905 bits per heavy atom. The molecule has 2 heterocycles. The number of aliphatic imine (C=N–C) groups is 1. The zero-order chi connectivity index (χ0) is 46.1. The van der Waals surface area contributed by atoms with Crippen LogP contribution in [0.3, 0.4) is 0 Å². The number of amidine groups is 1. The highest BCUT2D eigenvalue weighted by Crippen LogP contribution is 2.39. The van der Waals surface area contributed by atoms with Crippen molar-refractivity contribution in [1.29, 1.82) is 0 Å². The van der Waals surface area contributed by atoms with E-state index in [2.05, 4.69) is 20.4 Å². The van der Waals surface area contributed by atoms with Crippen molar-refractivity contribution in [3.63, 3.8) is 0 Å². The summed E-state index contributed by atoms with van der Waals surface area (Å²) in [6.07, 6.45) is -9.05. The lowest BCUT2D eigenvalue weighted by Gasteiger charge is -2.24. The number of carbonyl (C=O) groups is 4. The molecule has 1 saturated heterocycles. The lowest BCUT2D eigenvalue weighted by Crippen LogP contribution is -2.35. The standard InChI is InChI=1S/C43H47F3N6O10S/c1-41(2,3)60-39(56)50-38-49-31(34(63-38)43(44,45)46)32(36(53)54)51-62-30(37(55)59-33(25-13-9-7-10-14-25)26-15-11-8-12-16-26)24-58-29-19-17-27(18-20-29)35(47)48-28-21-22-52(23-28)40(57)61-42(4,5)6/h7-20,28,30,33H,21-24H2,1-6H3,(H2,47,48)(H,53,54)(H,49,50,56)/b51-32-/t28-,30?/m1/s1. The average Bonchev–Trinajstić information content (AvgIpc) is 3.85. The van der Waals surface area contributed by atoms with Crippen molar-refractivity contribution in [2.75, 3.05) is 25.0 Å². The van der Waals surface area contributed by atoms with Gasteiger partial charge in [0.15, 0.2) is 11.2 Å². The number of carbonyl (C=O) groups excluding carboxylic acids is 3. The Kier molecular flexibility index (Phi) is 15.0. The van der Waals surface area contributed by atoms with Crippen LogP contribution in [0.1, 0.15) is 81.3 Å². The van der Waals surface area contributed by atoms with Crippen LogP contribution in [0.2, 0.25) is 0 Å². The molecule has 2 atom stereocenters. The van der Waals surface area contributed by atoms with E-state index in [-0.39, 0.29) is 29.0 Å². The first-order valence-electron chi connectivity index (χ1n) is 19.5. The van der Waals surface area contributed by atoms with Crippen LogP contribution in [0.15, 0.2) is 95.1 Å². The predicted molar refractivity (Wildman–Crippen MR) is 226 cm³/mol. The normalized spacial score (nSPS) is 15.4. The molecule has 4 aromatic rings. The number of nitrogens with zero attached hydrogens (tertiary/aromatic N) is 4. The van der Waals surface area contributed by atoms with Gasteiger partial charge in [0.05, 0.1) is 6.04 Å². The van der Waals surface area contributed by atoms with E-state index in [1.54, 1.807) is 98.5 Å². The van der Waals surface area contributed by atoms with E-state index >= 15 is 0 Å². The maximum atomic E-state index is 14.3. The maximum Gasteiger partial charge on any atom is 0.427 e. The number of nitrogens with one attached hydrogen (secondary N) is 1. The van der Waals surface area contributed by atoms with Crippen LogP contribution < -0.4 is 15.8 Å². The molecular formula is C43H47F3N6O10S. The number of oxime groups is 1. The second kappa shape index (κ2) is 20.0. The summed E-state index contributed by atoms with van der Waals surface area (Å²) in [5.74, 6) is -2.76. The molecule has 0 aliphatic carbocycles. The lowest BCUT2D eigenvalue weighted by atomic mass is 10.0. The summed E-state index contributed by atoms with van der Waals surface area (Å²) < 4.78 is 65.1. The van der Waals surface area contributed by atoms with E-state index in [1.165, 1.54) is 32.9 Å². The number of ether oxygens (including phenoxy) is 4. The minimum atomic E-state index is -5.16. The minimum Gasteiger partial charge on any atom is -0.489 e. The minimum absolute atomic E-state index is 0.0694. The van der Waals surface area contributed by atoms with Gasteiger partial charge in [0.2, 0.25) is 5.71 Å². The highest BCUT2D eigenvalue weighted by Gasteiger charge is 2.41. The van der Waals surface area contributed by atoms with Gasteiger partial charge in [-0.25, -0.2) is 24.2 Å². The third-order valence-electron chi connectivity index (χ3n) is 8.58. The fourth-order valence-electron chi connectivity index (χ4n) is 5.84. The number of hydrogen-bond acceptors (Lipinski definition) is 13. The van der Waals surface area contributed by atoms with Crippen molar-refractivity contribution < 1.29 is 61.2 Å². The molecule has 336 valence electrons. The molecule has 1 unspecified atom stereocenters. The van der Waals surface area contributed by atoms with Crippen molar-refractivity contribution in [2.24, 2.45) is 15.9 Å². The van der Waals surface area contributed by atoms with Gasteiger partial charge in [-0.3, -0.25) is 10.3 Å². The number of esters is 1. The first-order valence-corrected chi connectivity index (χ1v) is 20.3. The third kappa shape index (κ3) is 13.9. The molecule has 2 amide bonds. The van der Waals surface area contributed by atoms with Gasteiger partial charge in [-0.05, 0) is 83.4 Å². The van der Waals surface area contributed by atoms with Crippen molar-refractivity contribution in [3.05, 3.63) is 112 Å². The van der Waals surface area contributed by atoms with Gasteiger partial charge in [-0.1, -0.05) is 77.2 Å². The summed E-state index contributed by atoms with van der Waals surface area (Å²) >= 11 is -0.0694. The molecule has 0 saturated carbocycles. The Balaban J connectivity index is 1.40. The molecule has 20 heteroatoms. The number of benzene rings is 3. The number of thiazole rings is 1. The van der Waals surface area contributed by atoms with Gasteiger partial charge in [0.1, 0.15) is 40.0 Å². The van der Waals surface area contributed by atoms with Crippen molar-refractivity contribution in [1.82, 2.24) is 9.88 Å². The summed E-state index contributed by atoms with van der Waals surface area (Å²) in [5.41, 5.74) is 3.73. The second-order valence-electron chi connectivity index (χ2n) is 16.0. The van der Waals surface area contributed by atoms with Crippen LogP contribution >= 0.6 is 11.3 Å². The number of carboxylic acids is 1. The number of carboxylic acid groups (broad SMARTS) is 1. The summed E-state index contributed by atoms with van der Waals surface area (Å²) in [4.78, 5) is 65.0. The average molecular weight is 897 g/mol. The highest BCUT2D eigenvalue weighted by molar-refractivity contribution is 7.16. The van der Waals surface area contributed by atoms with E-state index in [0.717, 1.165) is 0 Å². The molecule has 1 fully saturated rings. The molecule has 3 aromatic carbocycles. The molecule has 4 N–H and O–H groups in total. The molecule has 16 nitrogen and oxygen atoms in total. The predicted octanol–water partition coefficient (Wildman–Crippen LogP) is 7.81. The summed E-state index contributed by atoms with van der Waals surface area (Å²) in [6.45, 7) is 10.0. The number of aromatic nitrogens is 1. The third-order valence-corrected chi connectivity index (χ3v) is 9.60. The molecule has 63 heavy (non-hydrogen) atoms. The number of hydrogen-bond donors (Lipinski definition) is 3. The largest absolute Gasteiger partial charge is 0.489 e. The van der Waals surface area contributed by atoms with Gasteiger partial charge in [0.25, 0.3) is 6.10 Å². The van der Waals surface area contributed by atoms with E-state index in [0.29, 0.717) is 36.2 Å². The molecular weight excluding hydrogens is 850 g/mol. The van der Waals surface area contributed by atoms with Crippen LogP contribution in [0.5, 0.6) is 5.75 Å². The van der Waals surface area contributed by atoms with Gasteiger partial charge < -0.3 is 39.5 Å². The Morgan fingerprint density at radius 3 is 2.03 bits per heavy atom. The highest BCUT2D eigenvalue weighted by atomic mass is 32.1. The Morgan fingerprint density at radius 2 is 1.49 bits per heavy atom. The Hall–Kier alpha value is -6.70. The lowest BCUT2D eigenvalue weighted by molar-refractivity contribution is -0.163. The van der Waals surface area contributed by atoms with E-state index in [9.17, 15) is 37.5 Å². The number of aliphatic carboxylic acids is 1. The molecule has 0 spiro atoms. The number of amides is 2. The zero-order valence-electron chi connectivity index (χ0n) is 35.2. The summed E-state index contributed by atoms with van der Waals surface area (Å²) in [6, 6.07) is 23.2. The van der Waals surface area contributed by atoms with Crippen LogP contribution in [0, 0.1) is 0 Å². The topological polar surface area (TPSA) is 214 Å². The number of alkyl halides is 3.